The number of fused-ring (bicyclic) bond motifs is 1. The van der Waals surface area contributed by atoms with Crippen LogP contribution in [0.25, 0.3) is 11.8 Å². The van der Waals surface area contributed by atoms with E-state index >= 15 is 0 Å². The van der Waals surface area contributed by atoms with Gasteiger partial charge in [-0.05, 0) is 99.6 Å². The lowest BCUT2D eigenvalue weighted by atomic mass is 9.93. The number of nitrogens with zero attached hydrogens (tertiary/aromatic N) is 3. The number of aromatic nitrogens is 2. The van der Waals surface area contributed by atoms with Gasteiger partial charge in [-0.1, -0.05) is 55.5 Å². The van der Waals surface area contributed by atoms with E-state index in [1.165, 1.54) is 28.0 Å². The summed E-state index contributed by atoms with van der Waals surface area (Å²) in [7, 11) is 0. The summed E-state index contributed by atoms with van der Waals surface area (Å²) in [6.07, 6.45) is 1.95. The molecule has 1 aliphatic rings. The number of hydrogen-bond donors (Lipinski definition) is 0. The van der Waals surface area contributed by atoms with Crippen molar-refractivity contribution < 1.29 is 9.53 Å². The summed E-state index contributed by atoms with van der Waals surface area (Å²) < 4.78 is 9.89. The zero-order valence-electron chi connectivity index (χ0n) is 25.0. The number of aryl methyl sites for hydroxylation is 3. The zero-order chi connectivity index (χ0) is 29.6. The largest absolute Gasteiger partial charge is 0.463 e. The first kappa shape index (κ1) is 28.6. The highest BCUT2D eigenvalue weighted by Gasteiger charge is 2.33. The minimum absolute atomic E-state index is 0.169. The van der Waals surface area contributed by atoms with E-state index in [-0.39, 0.29) is 12.2 Å². The Morgan fingerprint density at radius 1 is 1.02 bits per heavy atom. The van der Waals surface area contributed by atoms with Gasteiger partial charge >= 0.3 is 5.97 Å². The summed E-state index contributed by atoms with van der Waals surface area (Å²) in [6.45, 7) is 16.5. The summed E-state index contributed by atoms with van der Waals surface area (Å²) in [5, 5.41) is 0. The van der Waals surface area contributed by atoms with E-state index in [9.17, 15) is 9.59 Å². The Hall–Kier alpha value is -3.97. The van der Waals surface area contributed by atoms with E-state index < -0.39 is 12.0 Å². The molecule has 5 rings (SSSR count). The van der Waals surface area contributed by atoms with Crippen LogP contribution in [-0.2, 0) is 9.53 Å². The molecule has 212 valence electrons. The molecule has 1 aliphatic heterocycles. The van der Waals surface area contributed by atoms with Gasteiger partial charge in [0.1, 0.15) is 0 Å². The lowest BCUT2D eigenvalue weighted by Crippen LogP contribution is -2.39. The van der Waals surface area contributed by atoms with E-state index in [1.807, 2.05) is 25.1 Å². The third-order valence-electron chi connectivity index (χ3n) is 7.66. The molecule has 4 aromatic rings. The third-order valence-corrected chi connectivity index (χ3v) is 8.64. The van der Waals surface area contributed by atoms with Gasteiger partial charge in [0.15, 0.2) is 4.80 Å². The Morgan fingerprint density at radius 2 is 1.68 bits per heavy atom. The summed E-state index contributed by atoms with van der Waals surface area (Å²) in [4.78, 5) is 32.6. The number of carbonyl (C=O) groups is 1. The molecule has 0 spiro atoms. The third kappa shape index (κ3) is 5.26. The molecule has 3 heterocycles. The molecular formula is C34H37N3O3S. The molecule has 0 amide bonds. The molecule has 41 heavy (non-hydrogen) atoms. The quantitative estimate of drug-likeness (QED) is 0.271. The fourth-order valence-corrected chi connectivity index (χ4v) is 6.76. The Balaban J connectivity index is 1.68. The molecule has 0 N–H and O–H groups in total. The molecule has 2 aromatic heterocycles. The second kappa shape index (κ2) is 11.1. The van der Waals surface area contributed by atoms with Crippen molar-refractivity contribution in [1.29, 1.82) is 0 Å². The van der Waals surface area contributed by atoms with Gasteiger partial charge in [-0.25, -0.2) is 9.79 Å². The molecular weight excluding hydrogens is 530 g/mol. The minimum Gasteiger partial charge on any atom is -0.463 e. The summed E-state index contributed by atoms with van der Waals surface area (Å²) >= 11 is 1.35. The molecule has 0 aliphatic carbocycles. The van der Waals surface area contributed by atoms with Crippen molar-refractivity contribution in [2.45, 2.75) is 67.3 Å². The predicted octanol–water partition coefficient (Wildman–Crippen LogP) is 5.95. The number of rotatable bonds is 6. The van der Waals surface area contributed by atoms with E-state index in [4.69, 9.17) is 9.73 Å². The van der Waals surface area contributed by atoms with Gasteiger partial charge in [0.25, 0.3) is 5.56 Å². The first-order chi connectivity index (χ1) is 19.5. The van der Waals surface area contributed by atoms with Crippen LogP contribution in [0, 0.1) is 27.7 Å². The topological polar surface area (TPSA) is 65.6 Å². The van der Waals surface area contributed by atoms with Crippen LogP contribution in [-0.4, -0.2) is 21.7 Å². The Labute approximate surface area is 245 Å². The van der Waals surface area contributed by atoms with Gasteiger partial charge in [0.05, 0.1) is 28.5 Å². The smallest absolute Gasteiger partial charge is 0.338 e. The molecule has 0 saturated heterocycles. The van der Waals surface area contributed by atoms with Gasteiger partial charge in [-0.3, -0.25) is 9.36 Å². The van der Waals surface area contributed by atoms with Gasteiger partial charge < -0.3 is 9.30 Å². The summed E-state index contributed by atoms with van der Waals surface area (Å²) in [6, 6.07) is 16.2. The van der Waals surface area contributed by atoms with Gasteiger partial charge in [0.2, 0.25) is 0 Å². The van der Waals surface area contributed by atoms with Crippen LogP contribution < -0.4 is 14.9 Å². The second-order valence-electron chi connectivity index (χ2n) is 11.1. The van der Waals surface area contributed by atoms with E-state index in [0.29, 0.717) is 26.5 Å². The number of hydrogen-bond acceptors (Lipinski definition) is 5. The number of benzene rings is 2. The van der Waals surface area contributed by atoms with Crippen molar-refractivity contribution in [3.63, 3.8) is 0 Å². The average Bonchev–Trinajstić information content (AvgIpc) is 3.36. The number of ether oxygens (including phenoxy) is 1. The average molecular weight is 568 g/mol. The van der Waals surface area contributed by atoms with Crippen LogP contribution in [0.2, 0.25) is 0 Å². The van der Waals surface area contributed by atoms with Crippen LogP contribution in [0.4, 0.5) is 0 Å². The lowest BCUT2D eigenvalue weighted by Gasteiger charge is -2.25. The maximum atomic E-state index is 14.1. The van der Waals surface area contributed by atoms with Crippen molar-refractivity contribution in [1.82, 2.24) is 9.13 Å². The van der Waals surface area contributed by atoms with Crippen LogP contribution in [0.15, 0.2) is 69.6 Å². The molecule has 0 fully saturated rings. The van der Waals surface area contributed by atoms with Crippen molar-refractivity contribution in [2.24, 2.45) is 4.99 Å². The Kier molecular flexibility index (Phi) is 7.75. The normalized spacial score (nSPS) is 15.3. The highest BCUT2D eigenvalue weighted by molar-refractivity contribution is 7.07. The standard InChI is InChI=1S/C34H37N3O3S/c1-9-40-33(39)30-23(7)35-34-37(31(30)26-12-10-25(11-13-26)19(2)3)32(38)29(41-34)18-27-17-22(6)36(24(27)8)28-15-20(4)14-21(5)16-28/h10-19,31H,9H2,1-8H3/b29-18-. The number of esters is 1. The van der Waals surface area contributed by atoms with Crippen LogP contribution >= 0.6 is 11.3 Å². The number of allylic oxidation sites excluding steroid dienone is 1. The van der Waals surface area contributed by atoms with Crippen LogP contribution in [0.1, 0.15) is 78.9 Å². The van der Waals surface area contributed by atoms with Gasteiger partial charge in [0, 0.05) is 17.1 Å². The monoisotopic (exact) mass is 567 g/mol. The fraction of sp³-hybridized carbons (Fsp3) is 0.324. The van der Waals surface area contributed by atoms with E-state index in [1.54, 1.807) is 11.5 Å². The van der Waals surface area contributed by atoms with E-state index in [2.05, 4.69) is 82.5 Å². The van der Waals surface area contributed by atoms with Crippen molar-refractivity contribution in [3.8, 4) is 5.69 Å². The first-order valence-corrected chi connectivity index (χ1v) is 14.9. The zero-order valence-corrected chi connectivity index (χ0v) is 25.8. The lowest BCUT2D eigenvalue weighted by molar-refractivity contribution is -0.139. The highest BCUT2D eigenvalue weighted by Crippen LogP contribution is 2.31. The second-order valence-corrected chi connectivity index (χ2v) is 12.1. The van der Waals surface area contributed by atoms with Crippen molar-refractivity contribution in [3.05, 3.63) is 119 Å². The van der Waals surface area contributed by atoms with Crippen molar-refractivity contribution in [2.75, 3.05) is 6.61 Å². The molecule has 0 bridgehead atoms. The van der Waals surface area contributed by atoms with Crippen LogP contribution in [0.5, 0.6) is 0 Å². The summed E-state index contributed by atoms with van der Waals surface area (Å²) in [5.74, 6) is -0.0754. The minimum atomic E-state index is -0.614. The molecule has 0 saturated carbocycles. The van der Waals surface area contributed by atoms with E-state index in [0.717, 1.165) is 28.2 Å². The fourth-order valence-electron chi connectivity index (χ4n) is 5.72. The van der Waals surface area contributed by atoms with Gasteiger partial charge in [-0.15, -0.1) is 0 Å². The SMILES string of the molecule is CCOC(=O)C1=C(C)N=c2s/c(=C\c3cc(C)n(-c4cc(C)cc(C)c4)c3C)c(=O)n2C1c1ccc(C(C)C)cc1. The first-order valence-electron chi connectivity index (χ1n) is 14.1. The molecule has 1 unspecified atom stereocenters. The Bertz CT molecular complexity index is 1850. The van der Waals surface area contributed by atoms with Crippen molar-refractivity contribution >= 4 is 23.4 Å². The number of thiazole rings is 1. The molecule has 0 radical (unpaired) electrons. The molecule has 6 nitrogen and oxygen atoms in total. The molecule has 7 heteroatoms. The number of carbonyl (C=O) groups excluding carboxylic acids is 1. The highest BCUT2D eigenvalue weighted by atomic mass is 32.1. The predicted molar refractivity (Wildman–Crippen MR) is 166 cm³/mol. The maximum Gasteiger partial charge on any atom is 0.338 e. The molecule has 1 atom stereocenters. The van der Waals surface area contributed by atoms with Crippen LogP contribution in [0.3, 0.4) is 0 Å². The summed E-state index contributed by atoms with van der Waals surface area (Å²) in [5.41, 5.74) is 9.50. The maximum absolute atomic E-state index is 14.1. The van der Waals surface area contributed by atoms with Gasteiger partial charge in [-0.2, -0.15) is 0 Å². The Morgan fingerprint density at radius 3 is 2.29 bits per heavy atom. The molecule has 2 aromatic carbocycles.